The smallest absolute Gasteiger partial charge is 0.269 e. The number of thiophene rings is 1. The van der Waals surface area contributed by atoms with Crippen LogP contribution >= 0.6 is 11.3 Å². The zero-order valence-corrected chi connectivity index (χ0v) is 15.6. The van der Waals surface area contributed by atoms with Crippen molar-refractivity contribution in [3.05, 3.63) is 58.5 Å². The van der Waals surface area contributed by atoms with Crippen LogP contribution in [0.2, 0.25) is 0 Å². The van der Waals surface area contributed by atoms with Crippen LogP contribution in [0.3, 0.4) is 0 Å². The summed E-state index contributed by atoms with van der Waals surface area (Å²) in [5.74, 6) is 1.59. The summed E-state index contributed by atoms with van der Waals surface area (Å²) in [6.45, 7) is 2.06. The van der Waals surface area contributed by atoms with E-state index in [0.29, 0.717) is 23.1 Å². The number of aryl methyl sites for hydroxylation is 1. The summed E-state index contributed by atoms with van der Waals surface area (Å²) in [5, 5.41) is 7.87. The summed E-state index contributed by atoms with van der Waals surface area (Å²) in [6.07, 6.45) is 1.54. The fraction of sp³-hybridized carbons (Fsp3) is 0.105. The Hall–Kier alpha value is -3.39. The Labute approximate surface area is 159 Å². The Morgan fingerprint density at radius 1 is 1.19 bits per heavy atom. The van der Waals surface area contributed by atoms with Gasteiger partial charge in [-0.15, -0.1) is 11.3 Å². The molecule has 0 aliphatic heterocycles. The minimum atomic E-state index is -0.260. The number of hydrogen-bond donors (Lipinski definition) is 3. The van der Waals surface area contributed by atoms with Gasteiger partial charge in [-0.05, 0) is 36.6 Å². The number of rotatable bonds is 5. The molecule has 0 aliphatic rings. The Kier molecular flexibility index (Phi) is 4.47. The predicted octanol–water partition coefficient (Wildman–Crippen LogP) is 4.22. The standard InChI is InChI=1S/C19H17N5O2S/c1-11-14(6-8-27-11)22-19-23-15-4-3-12(9-16(15)24-19)26-13-5-7-21-17(10-13)18(25)20-2/h3-10H,1-2H3,(H,20,25)(H2,22,23,24). The van der Waals surface area contributed by atoms with Gasteiger partial charge in [0.25, 0.3) is 5.91 Å². The molecule has 7 nitrogen and oxygen atoms in total. The van der Waals surface area contributed by atoms with E-state index in [1.54, 1.807) is 36.7 Å². The summed E-state index contributed by atoms with van der Waals surface area (Å²) in [5.41, 5.74) is 3.02. The van der Waals surface area contributed by atoms with Crippen molar-refractivity contribution in [3.8, 4) is 11.5 Å². The van der Waals surface area contributed by atoms with Gasteiger partial charge in [0.05, 0.1) is 16.7 Å². The molecule has 4 rings (SSSR count). The number of pyridine rings is 1. The lowest BCUT2D eigenvalue weighted by molar-refractivity contribution is 0.0958. The van der Waals surface area contributed by atoms with E-state index in [0.717, 1.165) is 16.7 Å². The van der Waals surface area contributed by atoms with E-state index in [-0.39, 0.29) is 5.91 Å². The van der Waals surface area contributed by atoms with E-state index in [1.807, 2.05) is 29.6 Å². The minimum absolute atomic E-state index is 0.260. The van der Waals surface area contributed by atoms with Crippen molar-refractivity contribution < 1.29 is 9.53 Å². The minimum Gasteiger partial charge on any atom is -0.457 e. The first-order valence-corrected chi connectivity index (χ1v) is 9.17. The topological polar surface area (TPSA) is 91.9 Å². The number of amides is 1. The van der Waals surface area contributed by atoms with Crippen LogP contribution in [0.4, 0.5) is 11.6 Å². The first-order valence-electron chi connectivity index (χ1n) is 8.29. The number of aromatic amines is 1. The SMILES string of the molecule is CNC(=O)c1cc(Oc2ccc3nc(Nc4ccsc4C)[nH]c3c2)ccn1. The molecule has 3 aromatic heterocycles. The molecular weight excluding hydrogens is 362 g/mol. The number of nitrogens with one attached hydrogen (secondary N) is 3. The van der Waals surface area contributed by atoms with E-state index < -0.39 is 0 Å². The van der Waals surface area contributed by atoms with Gasteiger partial charge in [-0.3, -0.25) is 9.78 Å². The molecule has 1 amide bonds. The highest BCUT2D eigenvalue weighted by molar-refractivity contribution is 7.10. The molecule has 8 heteroatoms. The van der Waals surface area contributed by atoms with Crippen LogP contribution in [0.1, 0.15) is 15.4 Å². The summed E-state index contributed by atoms with van der Waals surface area (Å²) in [4.78, 5) is 24.7. The Morgan fingerprint density at radius 2 is 2.04 bits per heavy atom. The second-order valence-electron chi connectivity index (χ2n) is 5.84. The van der Waals surface area contributed by atoms with Crippen LogP contribution in [-0.2, 0) is 0 Å². The maximum absolute atomic E-state index is 11.7. The van der Waals surface area contributed by atoms with E-state index in [1.165, 1.54) is 4.88 Å². The largest absolute Gasteiger partial charge is 0.457 e. The number of carbonyl (C=O) groups excluding carboxylic acids is 1. The number of benzene rings is 1. The van der Waals surface area contributed by atoms with Crippen molar-refractivity contribution in [2.75, 3.05) is 12.4 Å². The molecule has 27 heavy (non-hydrogen) atoms. The number of aromatic nitrogens is 3. The number of H-pyrrole nitrogens is 1. The molecule has 0 unspecified atom stereocenters. The molecule has 4 aromatic rings. The van der Waals surface area contributed by atoms with E-state index in [2.05, 4.69) is 32.5 Å². The van der Waals surface area contributed by atoms with Crippen molar-refractivity contribution in [2.24, 2.45) is 0 Å². The summed E-state index contributed by atoms with van der Waals surface area (Å²) in [6, 6.07) is 10.9. The van der Waals surface area contributed by atoms with Gasteiger partial charge in [0, 0.05) is 30.3 Å². The van der Waals surface area contributed by atoms with Crippen LogP contribution in [0.5, 0.6) is 11.5 Å². The number of imidazole rings is 1. The quantitative estimate of drug-likeness (QED) is 0.483. The van der Waals surface area contributed by atoms with Crippen molar-refractivity contribution >= 4 is 39.9 Å². The Bertz CT molecular complexity index is 1120. The Morgan fingerprint density at radius 3 is 2.81 bits per heavy atom. The lowest BCUT2D eigenvalue weighted by atomic mass is 10.3. The molecule has 0 saturated carbocycles. The van der Waals surface area contributed by atoms with Crippen molar-refractivity contribution in [2.45, 2.75) is 6.92 Å². The van der Waals surface area contributed by atoms with Crippen LogP contribution < -0.4 is 15.4 Å². The number of hydrogen-bond acceptors (Lipinski definition) is 6. The molecule has 3 N–H and O–H groups in total. The van der Waals surface area contributed by atoms with Gasteiger partial charge in [0.15, 0.2) is 0 Å². The van der Waals surface area contributed by atoms with Gasteiger partial charge in [-0.25, -0.2) is 4.98 Å². The molecule has 0 atom stereocenters. The van der Waals surface area contributed by atoms with Gasteiger partial charge in [-0.1, -0.05) is 0 Å². The van der Waals surface area contributed by atoms with Crippen molar-refractivity contribution in [1.29, 1.82) is 0 Å². The van der Waals surface area contributed by atoms with E-state index in [9.17, 15) is 4.79 Å². The zero-order valence-electron chi connectivity index (χ0n) is 14.7. The monoisotopic (exact) mass is 379 g/mol. The fourth-order valence-electron chi connectivity index (χ4n) is 2.62. The second kappa shape index (κ2) is 7.08. The molecule has 0 radical (unpaired) electrons. The normalized spacial score (nSPS) is 10.7. The van der Waals surface area contributed by atoms with Crippen LogP contribution in [0.25, 0.3) is 11.0 Å². The van der Waals surface area contributed by atoms with Gasteiger partial charge in [-0.2, -0.15) is 0 Å². The zero-order chi connectivity index (χ0) is 18.8. The Balaban J connectivity index is 1.57. The molecule has 0 bridgehead atoms. The molecular formula is C19H17N5O2S. The third-order valence-electron chi connectivity index (χ3n) is 3.99. The van der Waals surface area contributed by atoms with Gasteiger partial charge in [0.1, 0.15) is 17.2 Å². The second-order valence-corrected chi connectivity index (χ2v) is 6.96. The fourth-order valence-corrected chi connectivity index (χ4v) is 3.27. The molecule has 1 aromatic carbocycles. The number of carbonyl (C=O) groups is 1. The third-order valence-corrected chi connectivity index (χ3v) is 4.84. The highest BCUT2D eigenvalue weighted by Crippen LogP contribution is 2.28. The van der Waals surface area contributed by atoms with Gasteiger partial charge < -0.3 is 20.4 Å². The summed E-state index contributed by atoms with van der Waals surface area (Å²) in [7, 11) is 1.56. The van der Waals surface area contributed by atoms with Crippen LogP contribution in [0.15, 0.2) is 48.0 Å². The van der Waals surface area contributed by atoms with Gasteiger partial charge >= 0.3 is 0 Å². The maximum atomic E-state index is 11.7. The van der Waals surface area contributed by atoms with Crippen molar-refractivity contribution in [1.82, 2.24) is 20.3 Å². The lowest BCUT2D eigenvalue weighted by Gasteiger charge is -2.06. The predicted molar refractivity (Wildman–Crippen MR) is 106 cm³/mol. The van der Waals surface area contributed by atoms with Crippen LogP contribution in [-0.4, -0.2) is 27.9 Å². The van der Waals surface area contributed by atoms with Crippen molar-refractivity contribution in [3.63, 3.8) is 0 Å². The maximum Gasteiger partial charge on any atom is 0.269 e. The van der Waals surface area contributed by atoms with E-state index >= 15 is 0 Å². The van der Waals surface area contributed by atoms with Crippen LogP contribution in [0, 0.1) is 6.92 Å². The van der Waals surface area contributed by atoms with E-state index in [4.69, 9.17) is 4.74 Å². The first-order chi connectivity index (χ1) is 13.1. The molecule has 136 valence electrons. The van der Waals surface area contributed by atoms with Gasteiger partial charge in [0.2, 0.25) is 5.95 Å². The number of anilines is 2. The number of fused-ring (bicyclic) bond motifs is 1. The third kappa shape index (κ3) is 3.61. The molecule has 0 aliphatic carbocycles. The highest BCUT2D eigenvalue weighted by Gasteiger charge is 2.09. The molecule has 0 fully saturated rings. The molecule has 0 spiro atoms. The summed E-state index contributed by atoms with van der Waals surface area (Å²) >= 11 is 1.68. The summed E-state index contributed by atoms with van der Waals surface area (Å²) < 4.78 is 5.87. The average molecular weight is 379 g/mol. The highest BCUT2D eigenvalue weighted by atomic mass is 32.1. The molecule has 3 heterocycles. The lowest BCUT2D eigenvalue weighted by Crippen LogP contribution is -2.18. The number of ether oxygens (including phenoxy) is 1. The first kappa shape index (κ1) is 17.0. The molecule has 0 saturated heterocycles. The average Bonchev–Trinajstić information content (AvgIpc) is 3.26. The number of nitrogens with zero attached hydrogens (tertiary/aromatic N) is 2.